The molecule has 2 rings (SSSR count). The molecule has 0 aliphatic rings. The molecule has 0 bridgehead atoms. The van der Waals surface area contributed by atoms with E-state index < -0.39 is 0 Å². The smallest absolute Gasteiger partial charge is 0.156 e. The van der Waals surface area contributed by atoms with E-state index in [9.17, 15) is 0 Å². The molecule has 0 radical (unpaired) electrons. The zero-order valence-corrected chi connectivity index (χ0v) is 11.8. The van der Waals surface area contributed by atoms with Crippen molar-refractivity contribution in [2.24, 2.45) is 0 Å². The minimum Gasteiger partial charge on any atom is -0.496 e. The molecule has 0 aromatic heterocycles. The van der Waals surface area contributed by atoms with Crippen LogP contribution < -0.4 is 15.2 Å². The molecule has 19 heavy (non-hydrogen) atoms. The van der Waals surface area contributed by atoms with Gasteiger partial charge in [0, 0.05) is 11.3 Å². The maximum absolute atomic E-state index is 6.04. The standard InChI is InChI=1S/C14H13Cl2NO2/c1-18-13-6-5-10(17)7-9(13)8-19-14-11(15)3-2-4-12(14)16/h2-7H,8,17H2,1H3. The summed E-state index contributed by atoms with van der Waals surface area (Å²) in [4.78, 5) is 0. The van der Waals surface area contributed by atoms with Crippen molar-refractivity contribution in [1.82, 2.24) is 0 Å². The van der Waals surface area contributed by atoms with Gasteiger partial charge in [0.05, 0.1) is 17.2 Å². The first-order chi connectivity index (χ1) is 9.11. The van der Waals surface area contributed by atoms with Crippen LogP contribution in [0, 0.1) is 0 Å². The van der Waals surface area contributed by atoms with E-state index in [-0.39, 0.29) is 6.61 Å². The van der Waals surface area contributed by atoms with Crippen LogP contribution in [-0.2, 0) is 6.61 Å². The number of para-hydroxylation sites is 1. The number of rotatable bonds is 4. The topological polar surface area (TPSA) is 44.5 Å². The Morgan fingerprint density at radius 1 is 1.11 bits per heavy atom. The van der Waals surface area contributed by atoms with Gasteiger partial charge in [-0.05, 0) is 30.3 Å². The Labute approximate surface area is 121 Å². The van der Waals surface area contributed by atoms with E-state index in [0.717, 1.165) is 5.56 Å². The van der Waals surface area contributed by atoms with Crippen LogP contribution in [0.2, 0.25) is 10.0 Å². The lowest BCUT2D eigenvalue weighted by Crippen LogP contribution is -2.00. The number of halogens is 2. The predicted molar refractivity (Wildman–Crippen MR) is 78.2 cm³/mol. The highest BCUT2D eigenvalue weighted by atomic mass is 35.5. The average Bonchev–Trinajstić information content (AvgIpc) is 2.38. The van der Waals surface area contributed by atoms with Crippen LogP contribution in [-0.4, -0.2) is 7.11 Å². The molecule has 0 unspecified atom stereocenters. The fraction of sp³-hybridized carbons (Fsp3) is 0.143. The van der Waals surface area contributed by atoms with E-state index >= 15 is 0 Å². The molecule has 0 saturated carbocycles. The summed E-state index contributed by atoms with van der Waals surface area (Å²) in [7, 11) is 1.59. The number of anilines is 1. The lowest BCUT2D eigenvalue weighted by molar-refractivity contribution is 0.297. The molecule has 0 amide bonds. The summed E-state index contributed by atoms with van der Waals surface area (Å²) in [5, 5.41) is 0.936. The lowest BCUT2D eigenvalue weighted by atomic mass is 10.2. The van der Waals surface area contributed by atoms with Gasteiger partial charge in [-0.1, -0.05) is 29.3 Å². The molecule has 0 fully saturated rings. The van der Waals surface area contributed by atoms with E-state index in [1.807, 2.05) is 0 Å². The summed E-state index contributed by atoms with van der Waals surface area (Å²) in [6.07, 6.45) is 0. The van der Waals surface area contributed by atoms with Crippen molar-refractivity contribution in [3.8, 4) is 11.5 Å². The van der Waals surface area contributed by atoms with E-state index in [4.69, 9.17) is 38.4 Å². The van der Waals surface area contributed by atoms with Gasteiger partial charge in [-0.25, -0.2) is 0 Å². The molecule has 100 valence electrons. The fourth-order valence-corrected chi connectivity index (χ4v) is 2.19. The third-order valence-corrected chi connectivity index (χ3v) is 3.19. The van der Waals surface area contributed by atoms with E-state index in [2.05, 4.69) is 0 Å². The van der Waals surface area contributed by atoms with Crippen LogP contribution in [0.4, 0.5) is 5.69 Å². The Morgan fingerprint density at radius 3 is 2.42 bits per heavy atom. The van der Waals surface area contributed by atoms with Gasteiger partial charge in [-0.15, -0.1) is 0 Å². The maximum atomic E-state index is 6.04. The Balaban J connectivity index is 2.21. The molecule has 2 aromatic carbocycles. The zero-order valence-electron chi connectivity index (χ0n) is 10.3. The number of hydrogen-bond donors (Lipinski definition) is 1. The maximum Gasteiger partial charge on any atom is 0.156 e. The second-order valence-electron chi connectivity index (χ2n) is 3.91. The van der Waals surface area contributed by atoms with Crippen molar-refractivity contribution < 1.29 is 9.47 Å². The Kier molecular flexibility index (Phi) is 4.40. The van der Waals surface area contributed by atoms with Gasteiger partial charge < -0.3 is 15.2 Å². The number of nitrogen functional groups attached to an aromatic ring is 1. The molecule has 5 heteroatoms. The van der Waals surface area contributed by atoms with Gasteiger partial charge in [0.15, 0.2) is 5.75 Å². The van der Waals surface area contributed by atoms with Gasteiger partial charge in [-0.3, -0.25) is 0 Å². The predicted octanol–water partition coefficient (Wildman–Crippen LogP) is 4.16. The van der Waals surface area contributed by atoms with Gasteiger partial charge in [0.1, 0.15) is 12.4 Å². The molecular formula is C14H13Cl2NO2. The number of ether oxygens (including phenoxy) is 2. The first-order valence-electron chi connectivity index (χ1n) is 5.61. The molecule has 0 atom stereocenters. The Morgan fingerprint density at radius 2 is 1.79 bits per heavy atom. The number of methoxy groups -OCH3 is 1. The fourth-order valence-electron chi connectivity index (χ4n) is 1.68. The highest BCUT2D eigenvalue weighted by Gasteiger charge is 2.09. The summed E-state index contributed by atoms with van der Waals surface area (Å²) in [5.74, 6) is 1.16. The summed E-state index contributed by atoms with van der Waals surface area (Å²) in [6.45, 7) is 0.275. The highest BCUT2D eigenvalue weighted by Crippen LogP contribution is 2.33. The van der Waals surface area contributed by atoms with Crippen molar-refractivity contribution in [3.05, 3.63) is 52.0 Å². The highest BCUT2D eigenvalue weighted by molar-refractivity contribution is 6.37. The molecule has 0 aliphatic carbocycles. The number of benzene rings is 2. The van der Waals surface area contributed by atoms with Crippen molar-refractivity contribution in [2.45, 2.75) is 6.61 Å². The van der Waals surface area contributed by atoms with Crippen molar-refractivity contribution in [2.75, 3.05) is 12.8 Å². The monoisotopic (exact) mass is 297 g/mol. The summed E-state index contributed by atoms with van der Waals surface area (Å²) in [5.41, 5.74) is 7.22. The van der Waals surface area contributed by atoms with Crippen LogP contribution in [0.5, 0.6) is 11.5 Å². The van der Waals surface area contributed by atoms with Gasteiger partial charge >= 0.3 is 0 Å². The Hall–Kier alpha value is -1.58. The molecule has 0 saturated heterocycles. The number of hydrogen-bond acceptors (Lipinski definition) is 3. The van der Waals surface area contributed by atoms with Crippen molar-refractivity contribution in [1.29, 1.82) is 0 Å². The number of nitrogens with two attached hydrogens (primary N) is 1. The molecule has 2 N–H and O–H groups in total. The van der Waals surface area contributed by atoms with Crippen LogP contribution in [0.15, 0.2) is 36.4 Å². The van der Waals surface area contributed by atoms with Gasteiger partial charge in [-0.2, -0.15) is 0 Å². The van der Waals surface area contributed by atoms with Crippen molar-refractivity contribution >= 4 is 28.9 Å². The van der Waals surface area contributed by atoms with E-state index in [1.165, 1.54) is 0 Å². The minimum atomic E-state index is 0.275. The SMILES string of the molecule is COc1ccc(N)cc1COc1c(Cl)cccc1Cl. The van der Waals surface area contributed by atoms with Crippen molar-refractivity contribution in [3.63, 3.8) is 0 Å². The zero-order chi connectivity index (χ0) is 13.8. The Bertz CT molecular complexity index is 567. The molecular weight excluding hydrogens is 285 g/mol. The van der Waals surface area contributed by atoms with Crippen LogP contribution in [0.25, 0.3) is 0 Å². The summed E-state index contributed by atoms with van der Waals surface area (Å²) in [6, 6.07) is 10.6. The molecule has 0 aliphatic heterocycles. The van der Waals surface area contributed by atoms with Gasteiger partial charge in [0.2, 0.25) is 0 Å². The molecule has 2 aromatic rings. The first kappa shape index (κ1) is 13.8. The minimum absolute atomic E-state index is 0.275. The first-order valence-corrected chi connectivity index (χ1v) is 6.36. The lowest BCUT2D eigenvalue weighted by Gasteiger charge is -2.12. The third-order valence-electron chi connectivity index (χ3n) is 2.60. The molecule has 0 spiro atoms. The third kappa shape index (κ3) is 3.25. The summed E-state index contributed by atoms with van der Waals surface area (Å²) < 4.78 is 10.9. The van der Waals surface area contributed by atoms with Crippen LogP contribution >= 0.6 is 23.2 Å². The normalized spacial score (nSPS) is 10.3. The van der Waals surface area contributed by atoms with E-state index in [1.54, 1.807) is 43.5 Å². The van der Waals surface area contributed by atoms with Crippen LogP contribution in [0.3, 0.4) is 0 Å². The second-order valence-corrected chi connectivity index (χ2v) is 4.73. The molecule has 3 nitrogen and oxygen atoms in total. The van der Waals surface area contributed by atoms with Gasteiger partial charge in [0.25, 0.3) is 0 Å². The summed E-state index contributed by atoms with van der Waals surface area (Å²) >= 11 is 12.1. The van der Waals surface area contributed by atoms with Crippen LogP contribution in [0.1, 0.15) is 5.56 Å². The second kappa shape index (κ2) is 6.04. The largest absolute Gasteiger partial charge is 0.496 e. The van der Waals surface area contributed by atoms with E-state index in [0.29, 0.717) is 27.2 Å². The average molecular weight is 298 g/mol. The quantitative estimate of drug-likeness (QED) is 0.862. The molecule has 0 heterocycles.